The van der Waals surface area contributed by atoms with Crippen LogP contribution in [0.25, 0.3) is 0 Å². The maximum Gasteiger partial charge on any atom is 0.243 e. The fourth-order valence-electron chi connectivity index (χ4n) is 2.24. The molecule has 0 heterocycles. The molecule has 1 aromatic carbocycles. The van der Waals surface area contributed by atoms with Gasteiger partial charge in [0, 0.05) is 25.9 Å². The highest BCUT2D eigenvalue weighted by Crippen LogP contribution is 2.29. The fourth-order valence-corrected chi connectivity index (χ4v) is 3.85. The smallest absolute Gasteiger partial charge is 0.243 e. The summed E-state index contributed by atoms with van der Waals surface area (Å²) in [7, 11) is -1.95. The van der Waals surface area contributed by atoms with E-state index in [2.05, 4.69) is 0 Å². The number of sulfonamides is 1. The van der Waals surface area contributed by atoms with Crippen molar-refractivity contribution in [2.45, 2.75) is 31.6 Å². The number of nitrogen functional groups attached to an aromatic ring is 1. The monoisotopic (exact) mass is 312 g/mol. The molecule has 1 fully saturated rings. The summed E-state index contributed by atoms with van der Waals surface area (Å²) in [6.45, 7) is 5.04. The maximum absolute atomic E-state index is 12.7. The first kappa shape index (κ1) is 16.3. The number of aryl methyl sites for hydroxylation is 1. The van der Waals surface area contributed by atoms with Crippen molar-refractivity contribution in [2.75, 3.05) is 32.5 Å². The van der Waals surface area contributed by atoms with Crippen LogP contribution in [0.15, 0.2) is 17.0 Å². The highest BCUT2D eigenvalue weighted by molar-refractivity contribution is 7.89. The molecule has 118 valence electrons. The number of hydrogen-bond acceptors (Lipinski definition) is 4. The Balaban J connectivity index is 2.07. The van der Waals surface area contributed by atoms with E-state index < -0.39 is 10.0 Å². The van der Waals surface area contributed by atoms with Crippen molar-refractivity contribution in [1.82, 2.24) is 4.31 Å². The number of hydrogen-bond donors (Lipinski definition) is 1. The highest BCUT2D eigenvalue weighted by Gasteiger charge is 2.26. The van der Waals surface area contributed by atoms with Gasteiger partial charge in [0.25, 0.3) is 0 Å². The Morgan fingerprint density at radius 3 is 2.62 bits per heavy atom. The van der Waals surface area contributed by atoms with Crippen LogP contribution in [-0.4, -0.2) is 39.5 Å². The van der Waals surface area contributed by atoms with Crippen LogP contribution >= 0.6 is 0 Å². The van der Waals surface area contributed by atoms with Crippen molar-refractivity contribution in [2.24, 2.45) is 5.92 Å². The minimum atomic E-state index is -3.53. The standard InChI is InChI=1S/C15H24N2O3S/c1-11-4-7-14(16)12(2)15(11)21(18,19)17(3)8-9-20-10-13-5-6-13/h4,7,13H,5-6,8-10,16H2,1-3H3. The van der Waals surface area contributed by atoms with E-state index >= 15 is 0 Å². The molecule has 0 amide bonds. The number of ether oxygens (including phenoxy) is 1. The van der Waals surface area contributed by atoms with Crippen molar-refractivity contribution in [3.63, 3.8) is 0 Å². The Morgan fingerprint density at radius 1 is 1.33 bits per heavy atom. The second kappa shape index (κ2) is 6.34. The third-order valence-corrected chi connectivity index (χ3v) is 6.06. The Bertz CT molecular complexity index is 610. The molecule has 0 aromatic heterocycles. The van der Waals surface area contributed by atoms with Crippen molar-refractivity contribution < 1.29 is 13.2 Å². The van der Waals surface area contributed by atoms with Crippen LogP contribution in [0.5, 0.6) is 0 Å². The third-order valence-electron chi connectivity index (χ3n) is 3.91. The quantitative estimate of drug-likeness (QED) is 0.617. The van der Waals surface area contributed by atoms with Crippen LogP contribution < -0.4 is 5.73 Å². The zero-order chi connectivity index (χ0) is 15.6. The van der Waals surface area contributed by atoms with Gasteiger partial charge in [0.2, 0.25) is 10.0 Å². The molecule has 0 bridgehead atoms. The van der Waals surface area contributed by atoms with E-state index in [1.807, 2.05) is 0 Å². The molecule has 21 heavy (non-hydrogen) atoms. The van der Waals surface area contributed by atoms with Crippen LogP contribution in [0.2, 0.25) is 0 Å². The summed E-state index contributed by atoms with van der Waals surface area (Å²) in [6, 6.07) is 3.48. The minimum Gasteiger partial charge on any atom is -0.398 e. The van der Waals surface area contributed by atoms with Crippen LogP contribution in [0.4, 0.5) is 5.69 Å². The fraction of sp³-hybridized carbons (Fsp3) is 0.600. The number of nitrogens with two attached hydrogens (primary N) is 1. The highest BCUT2D eigenvalue weighted by atomic mass is 32.2. The lowest BCUT2D eigenvalue weighted by atomic mass is 10.1. The third kappa shape index (κ3) is 3.75. The molecular weight excluding hydrogens is 288 g/mol. The van der Waals surface area contributed by atoms with Gasteiger partial charge in [0.1, 0.15) is 0 Å². The summed E-state index contributed by atoms with van der Waals surface area (Å²) in [5.41, 5.74) is 7.67. The van der Waals surface area contributed by atoms with Gasteiger partial charge in [-0.3, -0.25) is 0 Å². The van der Waals surface area contributed by atoms with Gasteiger partial charge in [-0.1, -0.05) is 6.07 Å². The van der Waals surface area contributed by atoms with Crippen LogP contribution in [-0.2, 0) is 14.8 Å². The lowest BCUT2D eigenvalue weighted by Crippen LogP contribution is -2.31. The average molecular weight is 312 g/mol. The van der Waals surface area contributed by atoms with E-state index in [1.165, 1.54) is 17.1 Å². The predicted octanol–water partition coefficient (Wildman–Crippen LogP) is 1.93. The minimum absolute atomic E-state index is 0.312. The van der Waals surface area contributed by atoms with E-state index in [0.717, 1.165) is 6.61 Å². The van der Waals surface area contributed by atoms with Crippen LogP contribution in [0.1, 0.15) is 24.0 Å². The Morgan fingerprint density at radius 2 is 2.00 bits per heavy atom. The molecule has 0 radical (unpaired) electrons. The predicted molar refractivity (Wildman–Crippen MR) is 83.7 cm³/mol. The summed E-state index contributed by atoms with van der Waals surface area (Å²) >= 11 is 0. The van der Waals surface area contributed by atoms with E-state index in [9.17, 15) is 8.42 Å². The first-order valence-corrected chi connectivity index (χ1v) is 8.67. The van der Waals surface area contributed by atoms with E-state index in [-0.39, 0.29) is 0 Å². The lowest BCUT2D eigenvalue weighted by Gasteiger charge is -2.20. The van der Waals surface area contributed by atoms with Gasteiger partial charge >= 0.3 is 0 Å². The number of rotatable bonds is 7. The Labute approximate surface area is 127 Å². The summed E-state index contributed by atoms with van der Waals surface area (Å²) in [4.78, 5) is 0.312. The molecule has 0 atom stereocenters. The maximum atomic E-state index is 12.7. The molecule has 0 saturated heterocycles. The summed E-state index contributed by atoms with van der Waals surface area (Å²) in [5, 5.41) is 0. The molecule has 1 aliphatic carbocycles. The molecule has 0 aliphatic heterocycles. The van der Waals surface area contributed by atoms with Gasteiger partial charge in [-0.2, -0.15) is 4.31 Å². The second-order valence-corrected chi connectivity index (χ2v) is 7.75. The molecule has 2 rings (SSSR count). The summed E-state index contributed by atoms with van der Waals surface area (Å²) < 4.78 is 32.2. The topological polar surface area (TPSA) is 72.6 Å². The van der Waals surface area contributed by atoms with E-state index in [1.54, 1.807) is 33.0 Å². The van der Waals surface area contributed by atoms with Gasteiger partial charge in [-0.15, -0.1) is 0 Å². The SMILES string of the molecule is Cc1ccc(N)c(C)c1S(=O)(=O)N(C)CCOCC1CC1. The van der Waals surface area contributed by atoms with Gasteiger partial charge in [-0.05, 0) is 49.8 Å². The normalized spacial score (nSPS) is 15.6. The molecule has 1 aliphatic rings. The van der Waals surface area contributed by atoms with Gasteiger partial charge in [0.05, 0.1) is 11.5 Å². The first-order valence-electron chi connectivity index (χ1n) is 7.23. The summed E-state index contributed by atoms with van der Waals surface area (Å²) in [6.07, 6.45) is 2.46. The van der Waals surface area contributed by atoms with Crippen molar-refractivity contribution in [3.05, 3.63) is 23.3 Å². The molecule has 1 aromatic rings. The molecule has 5 nitrogen and oxygen atoms in total. The molecular formula is C15H24N2O3S. The number of benzene rings is 1. The zero-order valence-corrected chi connectivity index (χ0v) is 13.7. The van der Waals surface area contributed by atoms with Gasteiger partial charge in [-0.25, -0.2) is 8.42 Å². The van der Waals surface area contributed by atoms with E-state index in [4.69, 9.17) is 10.5 Å². The molecule has 2 N–H and O–H groups in total. The summed E-state index contributed by atoms with van der Waals surface area (Å²) in [5.74, 6) is 0.685. The number of likely N-dealkylation sites (N-methyl/N-ethyl adjacent to an activating group) is 1. The largest absolute Gasteiger partial charge is 0.398 e. The molecule has 1 saturated carbocycles. The Kier molecular flexibility index (Phi) is 4.91. The first-order chi connectivity index (χ1) is 9.84. The van der Waals surface area contributed by atoms with Gasteiger partial charge < -0.3 is 10.5 Å². The van der Waals surface area contributed by atoms with Crippen molar-refractivity contribution in [1.29, 1.82) is 0 Å². The zero-order valence-electron chi connectivity index (χ0n) is 12.9. The molecule has 6 heteroatoms. The van der Waals surface area contributed by atoms with Crippen LogP contribution in [0, 0.1) is 19.8 Å². The van der Waals surface area contributed by atoms with E-state index in [0.29, 0.717) is 40.8 Å². The number of nitrogens with zero attached hydrogens (tertiary/aromatic N) is 1. The number of anilines is 1. The lowest BCUT2D eigenvalue weighted by molar-refractivity contribution is 0.117. The van der Waals surface area contributed by atoms with Gasteiger partial charge in [0.15, 0.2) is 0 Å². The molecule has 0 spiro atoms. The van der Waals surface area contributed by atoms with Crippen LogP contribution in [0.3, 0.4) is 0 Å². The molecule has 0 unspecified atom stereocenters. The van der Waals surface area contributed by atoms with Crippen molar-refractivity contribution >= 4 is 15.7 Å². The van der Waals surface area contributed by atoms with Crippen molar-refractivity contribution in [3.8, 4) is 0 Å². The Hall–Kier alpha value is -1.11. The average Bonchev–Trinajstić information content (AvgIpc) is 3.23. The second-order valence-electron chi connectivity index (χ2n) is 5.77.